The number of carbonyl (C=O) groups excluding carboxylic acids is 2. The second-order valence-corrected chi connectivity index (χ2v) is 7.14. The fraction of sp³-hybridized carbons (Fsp3) is 0.364. The van der Waals surface area contributed by atoms with E-state index in [0.717, 1.165) is 12.1 Å². The van der Waals surface area contributed by atoms with Gasteiger partial charge in [0.05, 0.1) is 0 Å². The van der Waals surface area contributed by atoms with Crippen molar-refractivity contribution in [3.8, 4) is 0 Å². The first-order chi connectivity index (χ1) is 13.9. The van der Waals surface area contributed by atoms with Crippen molar-refractivity contribution in [1.29, 1.82) is 0 Å². The standard InChI is InChI=1S/C22H23F3N2O2/c1-2-10-27(22(29)16-13-18(23)20(25)19(24)14-16)17-8-11-26(12-9-17)21(28)15-6-4-3-5-7-15/h3-7,13-14,17H,2,8-12H2,1H3. The van der Waals surface area contributed by atoms with Crippen LogP contribution >= 0.6 is 0 Å². The molecule has 1 aliphatic rings. The van der Waals surface area contributed by atoms with E-state index in [9.17, 15) is 22.8 Å². The minimum Gasteiger partial charge on any atom is -0.338 e. The Balaban J connectivity index is 1.71. The first kappa shape index (κ1) is 20.9. The van der Waals surface area contributed by atoms with Gasteiger partial charge >= 0.3 is 0 Å². The monoisotopic (exact) mass is 404 g/mol. The number of nitrogens with zero attached hydrogens (tertiary/aromatic N) is 2. The van der Waals surface area contributed by atoms with E-state index >= 15 is 0 Å². The number of likely N-dealkylation sites (tertiary alicyclic amines) is 1. The molecule has 3 rings (SSSR count). The summed E-state index contributed by atoms with van der Waals surface area (Å²) in [5, 5.41) is 0. The number of halogens is 3. The van der Waals surface area contributed by atoms with Gasteiger partial charge < -0.3 is 9.80 Å². The third-order valence-corrected chi connectivity index (χ3v) is 5.17. The van der Waals surface area contributed by atoms with Crippen molar-refractivity contribution in [1.82, 2.24) is 9.80 Å². The highest BCUT2D eigenvalue weighted by atomic mass is 19.2. The summed E-state index contributed by atoms with van der Waals surface area (Å²) in [6.45, 7) is 3.28. The van der Waals surface area contributed by atoms with Crippen LogP contribution in [0, 0.1) is 17.5 Å². The number of hydrogen-bond acceptors (Lipinski definition) is 2. The topological polar surface area (TPSA) is 40.6 Å². The van der Waals surface area contributed by atoms with Crippen molar-refractivity contribution in [2.45, 2.75) is 32.2 Å². The lowest BCUT2D eigenvalue weighted by molar-refractivity contribution is 0.0518. The average molecular weight is 404 g/mol. The van der Waals surface area contributed by atoms with E-state index in [1.807, 2.05) is 25.1 Å². The largest absolute Gasteiger partial charge is 0.338 e. The summed E-state index contributed by atoms with van der Waals surface area (Å²) in [5.74, 6) is -4.94. The van der Waals surface area contributed by atoms with Crippen molar-refractivity contribution in [3.05, 3.63) is 71.0 Å². The van der Waals surface area contributed by atoms with E-state index in [1.54, 1.807) is 21.9 Å². The zero-order chi connectivity index (χ0) is 21.0. The van der Waals surface area contributed by atoms with Gasteiger partial charge in [-0.15, -0.1) is 0 Å². The van der Waals surface area contributed by atoms with Crippen LogP contribution in [0.2, 0.25) is 0 Å². The Morgan fingerprint density at radius 1 is 1.00 bits per heavy atom. The molecule has 154 valence electrons. The molecule has 2 amide bonds. The minimum absolute atomic E-state index is 0.0555. The smallest absolute Gasteiger partial charge is 0.254 e. The van der Waals surface area contributed by atoms with E-state index in [4.69, 9.17) is 0 Å². The molecule has 0 unspecified atom stereocenters. The van der Waals surface area contributed by atoms with Gasteiger partial charge in [0.15, 0.2) is 17.5 Å². The van der Waals surface area contributed by atoms with E-state index in [2.05, 4.69) is 0 Å². The highest BCUT2D eigenvalue weighted by Gasteiger charge is 2.30. The molecule has 0 saturated carbocycles. The summed E-state index contributed by atoms with van der Waals surface area (Å²) in [6.07, 6.45) is 1.80. The molecule has 0 aromatic heterocycles. The predicted octanol–water partition coefficient (Wildman–Crippen LogP) is 4.26. The Kier molecular flexibility index (Phi) is 6.56. The fourth-order valence-corrected chi connectivity index (χ4v) is 3.68. The van der Waals surface area contributed by atoms with Gasteiger partial charge in [-0.3, -0.25) is 9.59 Å². The molecule has 2 aromatic carbocycles. The molecular weight excluding hydrogens is 381 g/mol. The number of rotatable bonds is 5. The highest BCUT2D eigenvalue weighted by molar-refractivity contribution is 5.95. The van der Waals surface area contributed by atoms with Crippen LogP contribution in [0.3, 0.4) is 0 Å². The summed E-state index contributed by atoms with van der Waals surface area (Å²) >= 11 is 0. The Hall–Kier alpha value is -2.83. The second kappa shape index (κ2) is 9.11. The molecule has 1 fully saturated rings. The van der Waals surface area contributed by atoms with Crippen LogP contribution in [-0.2, 0) is 0 Å². The summed E-state index contributed by atoms with van der Waals surface area (Å²) in [5.41, 5.74) is 0.405. The molecule has 1 aliphatic heterocycles. The quantitative estimate of drug-likeness (QED) is 0.699. The molecule has 4 nitrogen and oxygen atoms in total. The van der Waals surface area contributed by atoms with Gasteiger partial charge in [-0.1, -0.05) is 25.1 Å². The van der Waals surface area contributed by atoms with Crippen molar-refractivity contribution in [3.63, 3.8) is 0 Å². The maximum Gasteiger partial charge on any atom is 0.254 e. The summed E-state index contributed by atoms with van der Waals surface area (Å²) < 4.78 is 40.4. The average Bonchev–Trinajstić information content (AvgIpc) is 2.75. The van der Waals surface area contributed by atoms with Crippen LogP contribution < -0.4 is 0 Å². The molecule has 7 heteroatoms. The molecule has 0 atom stereocenters. The van der Waals surface area contributed by atoms with Crippen LogP contribution in [-0.4, -0.2) is 47.3 Å². The molecule has 29 heavy (non-hydrogen) atoms. The number of hydrogen-bond donors (Lipinski definition) is 0. The molecule has 1 heterocycles. The third kappa shape index (κ3) is 4.60. The Labute approximate surface area is 167 Å². The van der Waals surface area contributed by atoms with E-state index in [1.165, 1.54) is 0 Å². The molecule has 0 radical (unpaired) electrons. The van der Waals surface area contributed by atoms with Crippen molar-refractivity contribution < 1.29 is 22.8 Å². The number of benzene rings is 2. The lowest BCUT2D eigenvalue weighted by atomic mass is 10.0. The first-order valence-corrected chi connectivity index (χ1v) is 9.72. The fourth-order valence-electron chi connectivity index (χ4n) is 3.68. The van der Waals surface area contributed by atoms with Gasteiger partial charge in [0.25, 0.3) is 11.8 Å². The summed E-state index contributed by atoms with van der Waals surface area (Å²) in [7, 11) is 0. The molecule has 1 saturated heterocycles. The first-order valence-electron chi connectivity index (χ1n) is 9.72. The maximum absolute atomic E-state index is 13.6. The van der Waals surface area contributed by atoms with Gasteiger partial charge in [-0.2, -0.15) is 0 Å². The van der Waals surface area contributed by atoms with Crippen LogP contribution in [0.1, 0.15) is 46.9 Å². The molecule has 0 spiro atoms. The summed E-state index contributed by atoms with van der Waals surface area (Å²) in [6, 6.07) is 10.3. The molecule has 0 N–H and O–H groups in total. The van der Waals surface area contributed by atoms with E-state index < -0.39 is 23.4 Å². The van der Waals surface area contributed by atoms with Gasteiger partial charge in [0, 0.05) is 36.8 Å². The molecule has 2 aromatic rings. The van der Waals surface area contributed by atoms with Gasteiger partial charge in [0.1, 0.15) is 0 Å². The lowest BCUT2D eigenvalue weighted by Gasteiger charge is -2.38. The Morgan fingerprint density at radius 3 is 2.14 bits per heavy atom. The maximum atomic E-state index is 13.6. The molecular formula is C22H23F3N2O2. The lowest BCUT2D eigenvalue weighted by Crippen LogP contribution is -2.49. The normalized spacial score (nSPS) is 14.7. The van der Waals surface area contributed by atoms with Crippen LogP contribution in [0.4, 0.5) is 13.2 Å². The Bertz CT molecular complexity index is 858. The van der Waals surface area contributed by atoms with Gasteiger partial charge in [-0.25, -0.2) is 13.2 Å². The third-order valence-electron chi connectivity index (χ3n) is 5.17. The van der Waals surface area contributed by atoms with Gasteiger partial charge in [0.2, 0.25) is 0 Å². The van der Waals surface area contributed by atoms with Crippen LogP contribution in [0.15, 0.2) is 42.5 Å². The molecule has 0 aliphatic carbocycles. The predicted molar refractivity (Wildman–Crippen MR) is 103 cm³/mol. The number of amides is 2. The van der Waals surface area contributed by atoms with E-state index in [-0.39, 0.29) is 17.5 Å². The van der Waals surface area contributed by atoms with Crippen LogP contribution in [0.5, 0.6) is 0 Å². The number of carbonyl (C=O) groups is 2. The van der Waals surface area contributed by atoms with Crippen molar-refractivity contribution in [2.75, 3.05) is 19.6 Å². The van der Waals surface area contributed by atoms with Crippen molar-refractivity contribution >= 4 is 11.8 Å². The minimum atomic E-state index is -1.59. The van der Waals surface area contributed by atoms with E-state index in [0.29, 0.717) is 44.5 Å². The summed E-state index contributed by atoms with van der Waals surface area (Å²) in [4.78, 5) is 28.8. The van der Waals surface area contributed by atoms with Gasteiger partial charge in [-0.05, 0) is 43.5 Å². The molecule has 0 bridgehead atoms. The number of piperidine rings is 1. The highest BCUT2D eigenvalue weighted by Crippen LogP contribution is 2.22. The second-order valence-electron chi connectivity index (χ2n) is 7.14. The van der Waals surface area contributed by atoms with Crippen LogP contribution in [0.25, 0.3) is 0 Å². The Morgan fingerprint density at radius 2 is 1.59 bits per heavy atom. The van der Waals surface area contributed by atoms with Crippen molar-refractivity contribution in [2.24, 2.45) is 0 Å². The SMILES string of the molecule is CCCN(C(=O)c1cc(F)c(F)c(F)c1)C1CCN(C(=O)c2ccccc2)CC1. The zero-order valence-corrected chi connectivity index (χ0v) is 16.2. The zero-order valence-electron chi connectivity index (χ0n) is 16.2.